The van der Waals surface area contributed by atoms with Gasteiger partial charge in [-0.2, -0.15) is 5.10 Å². The summed E-state index contributed by atoms with van der Waals surface area (Å²) < 4.78 is 1.84. The Morgan fingerprint density at radius 1 is 1.28 bits per heavy atom. The predicted molar refractivity (Wildman–Crippen MR) is 93.5 cm³/mol. The number of rotatable bonds is 4. The van der Waals surface area contributed by atoms with Crippen LogP contribution in [0.3, 0.4) is 0 Å². The molecule has 0 spiro atoms. The van der Waals surface area contributed by atoms with Gasteiger partial charge in [0.15, 0.2) is 5.65 Å². The summed E-state index contributed by atoms with van der Waals surface area (Å²) in [6.07, 6.45) is 4.34. The van der Waals surface area contributed by atoms with Gasteiger partial charge in [-0.15, -0.1) is 0 Å². The number of aryl methyl sites for hydroxylation is 1. The van der Waals surface area contributed by atoms with Crippen molar-refractivity contribution in [3.8, 4) is 0 Å². The van der Waals surface area contributed by atoms with Crippen molar-refractivity contribution in [2.75, 3.05) is 0 Å². The van der Waals surface area contributed by atoms with E-state index >= 15 is 0 Å². The maximum absolute atomic E-state index is 12.6. The normalized spacial score (nSPS) is 20.8. The average Bonchev–Trinajstić information content (AvgIpc) is 2.97. The first kappa shape index (κ1) is 17.4. The predicted octanol–water partition coefficient (Wildman–Crippen LogP) is 2.69. The van der Waals surface area contributed by atoms with Crippen molar-refractivity contribution in [1.82, 2.24) is 20.1 Å². The standard InChI is InChI=1S/C18H24N4O3/c1-10(2)22-16-13(9-19-22)8-15(11(3)20-16)17(23)21-14-6-4-12(5-7-14)18(24)25/h8-10,12,14H,4-7H2,1-3H3,(H,21,23)(H,24,25). The largest absolute Gasteiger partial charge is 0.481 e. The van der Waals surface area contributed by atoms with Crippen LogP contribution in [0.5, 0.6) is 0 Å². The molecule has 0 aromatic carbocycles. The lowest BCUT2D eigenvalue weighted by Crippen LogP contribution is -2.39. The molecule has 2 aromatic heterocycles. The topological polar surface area (TPSA) is 97.1 Å². The number of carbonyl (C=O) groups is 2. The highest BCUT2D eigenvalue weighted by Gasteiger charge is 2.27. The third-order valence-electron chi connectivity index (χ3n) is 4.91. The summed E-state index contributed by atoms with van der Waals surface area (Å²) in [5.74, 6) is -1.17. The second kappa shape index (κ2) is 6.82. The van der Waals surface area contributed by atoms with Crippen LogP contribution in [-0.2, 0) is 4.79 Å². The Morgan fingerprint density at radius 3 is 2.56 bits per heavy atom. The number of pyridine rings is 1. The minimum Gasteiger partial charge on any atom is -0.481 e. The number of carboxylic acid groups (broad SMARTS) is 1. The van der Waals surface area contributed by atoms with Crippen LogP contribution in [0.4, 0.5) is 0 Å². The van der Waals surface area contributed by atoms with E-state index in [1.165, 1.54) is 0 Å². The van der Waals surface area contributed by atoms with E-state index in [9.17, 15) is 9.59 Å². The molecule has 7 heteroatoms. The van der Waals surface area contributed by atoms with Crippen LogP contribution in [0, 0.1) is 12.8 Å². The third-order valence-corrected chi connectivity index (χ3v) is 4.91. The zero-order valence-electron chi connectivity index (χ0n) is 14.8. The Balaban J connectivity index is 1.74. The van der Waals surface area contributed by atoms with Crippen LogP contribution >= 0.6 is 0 Å². The number of aliphatic carboxylic acids is 1. The summed E-state index contributed by atoms with van der Waals surface area (Å²) in [4.78, 5) is 28.2. The van der Waals surface area contributed by atoms with Crippen molar-refractivity contribution in [3.05, 3.63) is 23.5 Å². The molecular formula is C18H24N4O3. The van der Waals surface area contributed by atoms with Crippen LogP contribution in [0.25, 0.3) is 11.0 Å². The molecule has 0 aliphatic heterocycles. The lowest BCUT2D eigenvalue weighted by Gasteiger charge is -2.27. The van der Waals surface area contributed by atoms with E-state index < -0.39 is 5.97 Å². The quantitative estimate of drug-likeness (QED) is 0.889. The molecule has 1 aliphatic carbocycles. The van der Waals surface area contributed by atoms with Gasteiger partial charge in [-0.05, 0) is 52.5 Å². The van der Waals surface area contributed by atoms with E-state index in [-0.39, 0.29) is 23.9 Å². The summed E-state index contributed by atoms with van der Waals surface area (Å²) in [7, 11) is 0. The fourth-order valence-electron chi connectivity index (χ4n) is 3.42. The van der Waals surface area contributed by atoms with Gasteiger partial charge in [0.2, 0.25) is 0 Å². The number of carboxylic acids is 1. The van der Waals surface area contributed by atoms with Gasteiger partial charge in [0.05, 0.1) is 23.4 Å². The highest BCUT2D eigenvalue weighted by atomic mass is 16.4. The zero-order valence-corrected chi connectivity index (χ0v) is 14.8. The average molecular weight is 344 g/mol. The van der Waals surface area contributed by atoms with Crippen molar-refractivity contribution in [3.63, 3.8) is 0 Å². The molecule has 0 atom stereocenters. The van der Waals surface area contributed by atoms with Gasteiger partial charge >= 0.3 is 5.97 Å². The fourth-order valence-corrected chi connectivity index (χ4v) is 3.42. The highest BCUT2D eigenvalue weighted by molar-refractivity contribution is 5.98. The second-order valence-corrected chi connectivity index (χ2v) is 7.08. The molecule has 0 bridgehead atoms. The molecule has 134 valence electrons. The Hall–Kier alpha value is -2.44. The van der Waals surface area contributed by atoms with E-state index in [0.717, 1.165) is 11.0 Å². The molecule has 0 radical (unpaired) electrons. The molecule has 7 nitrogen and oxygen atoms in total. The Bertz CT molecular complexity index is 804. The summed E-state index contributed by atoms with van der Waals surface area (Å²) in [5.41, 5.74) is 2.01. The lowest BCUT2D eigenvalue weighted by molar-refractivity contribution is -0.142. The van der Waals surface area contributed by atoms with Gasteiger partial charge in [0.1, 0.15) is 0 Å². The fraction of sp³-hybridized carbons (Fsp3) is 0.556. The van der Waals surface area contributed by atoms with E-state index in [1.807, 2.05) is 31.5 Å². The number of nitrogens with one attached hydrogen (secondary N) is 1. The van der Waals surface area contributed by atoms with Gasteiger partial charge in [-0.1, -0.05) is 0 Å². The molecule has 0 saturated heterocycles. The summed E-state index contributed by atoms with van der Waals surface area (Å²) in [6.45, 7) is 5.91. The van der Waals surface area contributed by atoms with Gasteiger partial charge < -0.3 is 10.4 Å². The van der Waals surface area contributed by atoms with E-state index in [0.29, 0.717) is 36.9 Å². The number of fused-ring (bicyclic) bond motifs is 1. The molecule has 3 rings (SSSR count). The first-order valence-electron chi connectivity index (χ1n) is 8.75. The number of amides is 1. The molecule has 25 heavy (non-hydrogen) atoms. The Kier molecular flexibility index (Phi) is 4.74. The Morgan fingerprint density at radius 2 is 1.96 bits per heavy atom. The number of hydrogen-bond donors (Lipinski definition) is 2. The van der Waals surface area contributed by atoms with E-state index in [1.54, 1.807) is 6.20 Å². The SMILES string of the molecule is Cc1nc2c(cnn2C(C)C)cc1C(=O)NC1CCC(C(=O)O)CC1. The third kappa shape index (κ3) is 3.50. The molecule has 0 unspecified atom stereocenters. The van der Waals surface area contributed by atoms with Gasteiger partial charge in [-0.25, -0.2) is 9.67 Å². The van der Waals surface area contributed by atoms with E-state index in [4.69, 9.17) is 5.11 Å². The number of carbonyl (C=O) groups excluding carboxylic acids is 1. The maximum Gasteiger partial charge on any atom is 0.306 e. The van der Waals surface area contributed by atoms with Gasteiger partial charge in [0.25, 0.3) is 5.91 Å². The van der Waals surface area contributed by atoms with Crippen molar-refractivity contribution in [2.24, 2.45) is 5.92 Å². The number of nitrogens with zero attached hydrogens (tertiary/aromatic N) is 3. The summed E-state index contributed by atoms with van der Waals surface area (Å²) in [6, 6.07) is 2.06. The van der Waals surface area contributed by atoms with Crippen LogP contribution in [0.1, 0.15) is 61.6 Å². The minimum atomic E-state index is -0.738. The van der Waals surface area contributed by atoms with Crippen molar-refractivity contribution in [1.29, 1.82) is 0 Å². The highest BCUT2D eigenvalue weighted by Crippen LogP contribution is 2.25. The molecule has 2 aromatic rings. The molecular weight excluding hydrogens is 320 g/mol. The zero-order chi connectivity index (χ0) is 18.1. The molecule has 1 saturated carbocycles. The van der Waals surface area contributed by atoms with Gasteiger partial charge in [-0.3, -0.25) is 9.59 Å². The van der Waals surface area contributed by atoms with Gasteiger partial charge in [0, 0.05) is 17.5 Å². The number of hydrogen-bond acceptors (Lipinski definition) is 4. The second-order valence-electron chi connectivity index (χ2n) is 7.08. The van der Waals surface area contributed by atoms with Crippen molar-refractivity contribution >= 4 is 22.9 Å². The molecule has 1 amide bonds. The monoisotopic (exact) mass is 344 g/mol. The van der Waals surface area contributed by atoms with Crippen molar-refractivity contribution in [2.45, 2.75) is 58.5 Å². The molecule has 2 N–H and O–H groups in total. The number of aromatic nitrogens is 3. The maximum atomic E-state index is 12.6. The smallest absolute Gasteiger partial charge is 0.306 e. The van der Waals surface area contributed by atoms with E-state index in [2.05, 4.69) is 15.4 Å². The van der Waals surface area contributed by atoms with Crippen LogP contribution in [0.15, 0.2) is 12.3 Å². The first-order valence-corrected chi connectivity index (χ1v) is 8.75. The molecule has 1 fully saturated rings. The Labute approximate surface area is 146 Å². The van der Waals surface area contributed by atoms with Crippen LogP contribution in [-0.4, -0.2) is 37.8 Å². The van der Waals surface area contributed by atoms with Crippen LogP contribution in [0.2, 0.25) is 0 Å². The minimum absolute atomic E-state index is 0.0246. The first-order chi connectivity index (χ1) is 11.9. The summed E-state index contributed by atoms with van der Waals surface area (Å²) >= 11 is 0. The van der Waals surface area contributed by atoms with Crippen molar-refractivity contribution < 1.29 is 14.7 Å². The summed E-state index contributed by atoms with van der Waals surface area (Å²) in [5, 5.41) is 17.3. The molecule has 1 aliphatic rings. The van der Waals surface area contributed by atoms with Crippen LogP contribution < -0.4 is 5.32 Å². The molecule has 2 heterocycles. The lowest BCUT2D eigenvalue weighted by atomic mass is 9.86.